The molecule has 0 radical (unpaired) electrons. The lowest BCUT2D eigenvalue weighted by molar-refractivity contribution is 0.0935. The third-order valence-corrected chi connectivity index (χ3v) is 3.76. The minimum absolute atomic E-state index is 0.0715. The third kappa shape index (κ3) is 3.34. The topological polar surface area (TPSA) is 81.4 Å². The van der Waals surface area contributed by atoms with Crippen LogP contribution >= 0.6 is 0 Å². The Kier molecular flexibility index (Phi) is 4.69. The molecule has 3 rings (SSSR count). The van der Waals surface area contributed by atoms with Gasteiger partial charge in [0.15, 0.2) is 5.65 Å². The van der Waals surface area contributed by atoms with Gasteiger partial charge in [0.1, 0.15) is 5.75 Å². The maximum Gasteiger partial charge on any atom is 0.253 e. The summed E-state index contributed by atoms with van der Waals surface area (Å²) in [6.45, 7) is 4.61. The van der Waals surface area contributed by atoms with Crippen LogP contribution in [0.15, 0.2) is 42.6 Å². The fraction of sp³-hybridized carbons (Fsp3) is 0.294. The van der Waals surface area contributed by atoms with Crippen molar-refractivity contribution in [3.63, 3.8) is 0 Å². The standard InChI is InChI=1S/C17H19N5O2/c1-3-15(12-5-8-14(9-6-12)24-4-2)18-17(23)13-7-10-16-19-20-21-22(16)11-13/h5-11,15H,3-4H2,1-2H3,(H,18,23). The van der Waals surface area contributed by atoms with Crippen LogP contribution in [0, 0.1) is 0 Å². The Labute approximate surface area is 139 Å². The first-order chi connectivity index (χ1) is 11.7. The molecule has 24 heavy (non-hydrogen) atoms. The second kappa shape index (κ2) is 7.08. The molecule has 1 aromatic carbocycles. The molecule has 0 aliphatic rings. The quantitative estimate of drug-likeness (QED) is 0.752. The molecule has 124 valence electrons. The highest BCUT2D eigenvalue weighted by atomic mass is 16.5. The van der Waals surface area contributed by atoms with Gasteiger partial charge in [0.2, 0.25) is 0 Å². The molecule has 1 atom stereocenters. The maximum atomic E-state index is 12.5. The van der Waals surface area contributed by atoms with Crippen LogP contribution in [0.3, 0.4) is 0 Å². The van der Waals surface area contributed by atoms with Crippen LogP contribution in [0.2, 0.25) is 0 Å². The van der Waals surface area contributed by atoms with E-state index in [2.05, 4.69) is 20.8 Å². The smallest absolute Gasteiger partial charge is 0.253 e. The average molecular weight is 325 g/mol. The minimum atomic E-state index is -0.159. The summed E-state index contributed by atoms with van der Waals surface area (Å²) < 4.78 is 6.93. The van der Waals surface area contributed by atoms with Crippen molar-refractivity contribution in [2.75, 3.05) is 6.61 Å². The fourth-order valence-corrected chi connectivity index (χ4v) is 2.50. The summed E-state index contributed by atoms with van der Waals surface area (Å²) in [7, 11) is 0. The molecule has 0 spiro atoms. The van der Waals surface area contributed by atoms with Gasteiger partial charge in [-0.25, -0.2) is 0 Å². The zero-order chi connectivity index (χ0) is 16.9. The van der Waals surface area contributed by atoms with Gasteiger partial charge in [-0.2, -0.15) is 4.52 Å². The number of ether oxygens (including phenoxy) is 1. The van der Waals surface area contributed by atoms with E-state index in [9.17, 15) is 4.79 Å². The van der Waals surface area contributed by atoms with Gasteiger partial charge in [0.25, 0.3) is 5.91 Å². The first kappa shape index (κ1) is 15.9. The molecule has 0 saturated carbocycles. The first-order valence-electron chi connectivity index (χ1n) is 7.92. The number of nitrogens with zero attached hydrogens (tertiary/aromatic N) is 4. The van der Waals surface area contributed by atoms with Crippen LogP contribution in [0.25, 0.3) is 5.65 Å². The number of fused-ring (bicyclic) bond motifs is 1. The predicted molar refractivity (Wildman–Crippen MR) is 88.9 cm³/mol. The van der Waals surface area contributed by atoms with Crippen molar-refractivity contribution in [3.05, 3.63) is 53.7 Å². The Morgan fingerprint density at radius 1 is 1.21 bits per heavy atom. The van der Waals surface area contributed by atoms with Crippen LogP contribution in [0.4, 0.5) is 0 Å². The second-order valence-electron chi connectivity index (χ2n) is 5.34. The van der Waals surface area contributed by atoms with Crippen molar-refractivity contribution in [1.82, 2.24) is 25.4 Å². The molecule has 7 heteroatoms. The number of nitrogens with one attached hydrogen (secondary N) is 1. The van der Waals surface area contributed by atoms with Gasteiger partial charge < -0.3 is 10.1 Å². The van der Waals surface area contributed by atoms with E-state index in [1.807, 2.05) is 38.1 Å². The lowest BCUT2D eigenvalue weighted by atomic mass is 10.0. The van der Waals surface area contributed by atoms with Crippen molar-refractivity contribution < 1.29 is 9.53 Å². The van der Waals surface area contributed by atoms with E-state index in [4.69, 9.17) is 4.74 Å². The summed E-state index contributed by atoms with van der Waals surface area (Å²) in [4.78, 5) is 12.5. The summed E-state index contributed by atoms with van der Waals surface area (Å²) in [5.74, 6) is 0.666. The van der Waals surface area contributed by atoms with E-state index in [0.717, 1.165) is 17.7 Å². The second-order valence-corrected chi connectivity index (χ2v) is 5.34. The van der Waals surface area contributed by atoms with Crippen molar-refractivity contribution in [2.24, 2.45) is 0 Å². The van der Waals surface area contributed by atoms with Gasteiger partial charge in [0, 0.05) is 6.20 Å². The molecule has 1 amide bonds. The Morgan fingerprint density at radius 3 is 2.71 bits per heavy atom. The molecule has 2 aromatic heterocycles. The van der Waals surface area contributed by atoms with Crippen molar-refractivity contribution in [1.29, 1.82) is 0 Å². The molecular formula is C17H19N5O2. The molecule has 1 N–H and O–H groups in total. The van der Waals surface area contributed by atoms with Gasteiger partial charge in [-0.3, -0.25) is 4.79 Å². The summed E-state index contributed by atoms with van der Waals surface area (Å²) in [5, 5.41) is 14.2. The lowest BCUT2D eigenvalue weighted by Gasteiger charge is -2.18. The van der Waals surface area contributed by atoms with Crippen LogP contribution in [-0.4, -0.2) is 32.6 Å². The molecule has 3 aromatic rings. The monoisotopic (exact) mass is 325 g/mol. The van der Waals surface area contributed by atoms with E-state index in [-0.39, 0.29) is 11.9 Å². The number of carbonyl (C=O) groups excluding carboxylic acids is 1. The van der Waals surface area contributed by atoms with Crippen LogP contribution in [0.5, 0.6) is 5.75 Å². The van der Waals surface area contributed by atoms with Gasteiger partial charge in [-0.05, 0) is 53.6 Å². The van der Waals surface area contributed by atoms with Crippen LogP contribution < -0.4 is 10.1 Å². The first-order valence-corrected chi connectivity index (χ1v) is 7.92. The number of amides is 1. The highest BCUT2D eigenvalue weighted by Gasteiger charge is 2.15. The highest BCUT2D eigenvalue weighted by molar-refractivity contribution is 5.94. The summed E-state index contributed by atoms with van der Waals surface area (Å²) in [6.07, 6.45) is 2.41. The van der Waals surface area contributed by atoms with Crippen LogP contribution in [0.1, 0.15) is 42.2 Å². The zero-order valence-corrected chi connectivity index (χ0v) is 13.6. The van der Waals surface area contributed by atoms with Crippen molar-refractivity contribution in [2.45, 2.75) is 26.3 Å². The van der Waals surface area contributed by atoms with E-state index < -0.39 is 0 Å². The lowest BCUT2D eigenvalue weighted by Crippen LogP contribution is -2.28. The largest absolute Gasteiger partial charge is 0.494 e. The highest BCUT2D eigenvalue weighted by Crippen LogP contribution is 2.21. The van der Waals surface area contributed by atoms with Gasteiger partial charge in [0.05, 0.1) is 18.2 Å². The predicted octanol–water partition coefficient (Wildman–Crippen LogP) is 2.40. The minimum Gasteiger partial charge on any atom is -0.494 e. The van der Waals surface area contributed by atoms with E-state index in [1.165, 1.54) is 4.52 Å². The Morgan fingerprint density at radius 2 is 2.00 bits per heavy atom. The molecule has 0 saturated heterocycles. The SMILES string of the molecule is CCOc1ccc(C(CC)NC(=O)c2ccc3nnnn3c2)cc1. The molecular weight excluding hydrogens is 306 g/mol. The van der Waals surface area contributed by atoms with E-state index in [1.54, 1.807) is 18.3 Å². The number of hydrogen-bond donors (Lipinski definition) is 1. The number of hydrogen-bond acceptors (Lipinski definition) is 5. The zero-order valence-electron chi connectivity index (χ0n) is 13.6. The molecule has 2 heterocycles. The van der Waals surface area contributed by atoms with Gasteiger partial charge in [-0.1, -0.05) is 19.1 Å². The summed E-state index contributed by atoms with van der Waals surface area (Å²) in [6, 6.07) is 11.1. The Hall–Kier alpha value is -2.96. The van der Waals surface area contributed by atoms with Gasteiger partial charge >= 0.3 is 0 Å². The normalized spacial score (nSPS) is 12.1. The number of carbonyl (C=O) groups is 1. The number of rotatable bonds is 6. The van der Waals surface area contributed by atoms with Crippen molar-refractivity contribution >= 4 is 11.6 Å². The molecule has 0 aliphatic carbocycles. The third-order valence-electron chi connectivity index (χ3n) is 3.76. The summed E-state index contributed by atoms with van der Waals surface area (Å²) in [5.41, 5.74) is 2.15. The molecule has 0 fully saturated rings. The fourth-order valence-electron chi connectivity index (χ4n) is 2.50. The number of benzene rings is 1. The van der Waals surface area contributed by atoms with Crippen LogP contribution in [-0.2, 0) is 0 Å². The number of tetrazole rings is 1. The molecule has 0 aliphatic heterocycles. The van der Waals surface area contributed by atoms with Crippen molar-refractivity contribution in [3.8, 4) is 5.75 Å². The maximum absolute atomic E-state index is 12.5. The Bertz CT molecular complexity index is 828. The number of pyridine rings is 1. The van der Waals surface area contributed by atoms with E-state index in [0.29, 0.717) is 17.8 Å². The number of aromatic nitrogens is 4. The van der Waals surface area contributed by atoms with E-state index >= 15 is 0 Å². The molecule has 0 bridgehead atoms. The summed E-state index contributed by atoms with van der Waals surface area (Å²) >= 11 is 0. The molecule has 1 unspecified atom stereocenters. The molecule has 7 nitrogen and oxygen atoms in total. The Balaban J connectivity index is 1.75. The van der Waals surface area contributed by atoms with Gasteiger partial charge in [-0.15, -0.1) is 5.10 Å². The average Bonchev–Trinajstić information content (AvgIpc) is 3.08.